The number of benzene rings is 2. The zero-order chi connectivity index (χ0) is 11.1. The lowest BCUT2D eigenvalue weighted by molar-refractivity contribution is 0.468. The van der Waals surface area contributed by atoms with Crippen LogP contribution in [-0.2, 0) is 0 Å². The zero-order valence-electron chi connectivity index (χ0n) is 8.27. The van der Waals surface area contributed by atoms with Crippen molar-refractivity contribution in [1.82, 2.24) is 0 Å². The van der Waals surface area contributed by atoms with E-state index in [9.17, 15) is 5.11 Å². The Morgan fingerprint density at radius 1 is 1.12 bits per heavy atom. The number of phenols is 1. The van der Waals surface area contributed by atoms with Crippen molar-refractivity contribution in [2.75, 3.05) is 0 Å². The van der Waals surface area contributed by atoms with Crippen molar-refractivity contribution in [3.8, 4) is 11.8 Å². The Bertz CT molecular complexity index is 735. The van der Waals surface area contributed by atoms with Crippen LogP contribution in [0.15, 0.2) is 40.8 Å². The van der Waals surface area contributed by atoms with Crippen LogP contribution in [0.5, 0.6) is 5.75 Å². The summed E-state index contributed by atoms with van der Waals surface area (Å²) in [5, 5.41) is 20.3. The highest BCUT2D eigenvalue weighted by molar-refractivity contribution is 6.09. The molecule has 3 nitrogen and oxygen atoms in total. The summed E-state index contributed by atoms with van der Waals surface area (Å²) < 4.78 is 5.52. The van der Waals surface area contributed by atoms with Crippen molar-refractivity contribution in [3.63, 3.8) is 0 Å². The number of hydrogen-bond donors (Lipinski definition) is 1. The third-order valence-electron chi connectivity index (χ3n) is 2.63. The quantitative estimate of drug-likeness (QED) is 0.618. The third-order valence-corrected chi connectivity index (χ3v) is 2.63. The number of phenolic OH excluding ortho intramolecular Hbond substituents is 1. The lowest BCUT2D eigenvalue weighted by Gasteiger charge is -1.95. The summed E-state index contributed by atoms with van der Waals surface area (Å²) in [7, 11) is 0. The predicted octanol–water partition coefficient (Wildman–Crippen LogP) is 3.16. The number of fused-ring (bicyclic) bond motifs is 3. The molecule has 0 amide bonds. The van der Waals surface area contributed by atoms with E-state index in [-0.39, 0.29) is 5.75 Å². The molecule has 0 unspecified atom stereocenters. The van der Waals surface area contributed by atoms with Gasteiger partial charge in [-0.3, -0.25) is 0 Å². The van der Waals surface area contributed by atoms with Gasteiger partial charge in [0.25, 0.3) is 0 Å². The molecule has 1 aromatic heterocycles. The number of rotatable bonds is 0. The van der Waals surface area contributed by atoms with Crippen molar-refractivity contribution >= 4 is 21.9 Å². The Morgan fingerprint density at radius 3 is 2.75 bits per heavy atom. The first-order valence-electron chi connectivity index (χ1n) is 4.84. The minimum atomic E-state index is 0.0604. The van der Waals surface area contributed by atoms with Gasteiger partial charge in [-0.25, -0.2) is 0 Å². The smallest absolute Gasteiger partial charge is 0.178 e. The summed E-state index contributed by atoms with van der Waals surface area (Å²) in [5.74, 6) is 0.0604. The summed E-state index contributed by atoms with van der Waals surface area (Å²) >= 11 is 0. The fraction of sp³-hybridized carbons (Fsp3) is 0. The molecule has 0 fully saturated rings. The number of hydrogen-bond acceptors (Lipinski definition) is 3. The molecular weight excluding hydrogens is 202 g/mol. The summed E-state index contributed by atoms with van der Waals surface area (Å²) in [6, 6.07) is 12.6. The Balaban J connectivity index is 2.66. The van der Waals surface area contributed by atoms with Crippen LogP contribution in [0.1, 0.15) is 5.56 Å². The lowest BCUT2D eigenvalue weighted by atomic mass is 10.1. The van der Waals surface area contributed by atoms with Gasteiger partial charge in [-0.05, 0) is 18.2 Å². The van der Waals surface area contributed by atoms with Gasteiger partial charge >= 0.3 is 0 Å². The maximum atomic E-state index is 9.69. The van der Waals surface area contributed by atoms with Gasteiger partial charge < -0.3 is 9.52 Å². The summed E-state index contributed by atoms with van der Waals surface area (Å²) in [5.41, 5.74) is 1.56. The zero-order valence-corrected chi connectivity index (χ0v) is 8.27. The van der Waals surface area contributed by atoms with Gasteiger partial charge in [0.1, 0.15) is 5.58 Å². The first kappa shape index (κ1) is 8.81. The summed E-state index contributed by atoms with van der Waals surface area (Å²) in [4.78, 5) is 0. The van der Waals surface area contributed by atoms with Crippen molar-refractivity contribution in [2.45, 2.75) is 0 Å². The topological polar surface area (TPSA) is 57.2 Å². The molecule has 3 heteroatoms. The normalized spacial score (nSPS) is 10.7. The number of furan rings is 1. The molecule has 1 heterocycles. The Kier molecular flexibility index (Phi) is 1.66. The molecule has 0 aliphatic carbocycles. The Hall–Kier alpha value is -2.47. The molecular formula is C13H7NO2. The molecule has 3 aromatic rings. The summed E-state index contributed by atoms with van der Waals surface area (Å²) in [6.07, 6.45) is 0. The molecule has 2 aromatic carbocycles. The molecule has 1 N–H and O–H groups in total. The van der Waals surface area contributed by atoms with Gasteiger partial charge in [-0.1, -0.05) is 18.2 Å². The maximum Gasteiger partial charge on any atom is 0.178 e. The van der Waals surface area contributed by atoms with Gasteiger partial charge in [-0.15, -0.1) is 0 Å². The van der Waals surface area contributed by atoms with E-state index in [4.69, 9.17) is 9.68 Å². The number of nitriles is 1. The molecule has 16 heavy (non-hydrogen) atoms. The van der Waals surface area contributed by atoms with E-state index in [0.717, 1.165) is 5.39 Å². The molecule has 0 atom stereocenters. The van der Waals surface area contributed by atoms with Crippen molar-refractivity contribution in [1.29, 1.82) is 5.26 Å². The van der Waals surface area contributed by atoms with Crippen LogP contribution in [-0.4, -0.2) is 5.11 Å². The molecule has 0 bridgehead atoms. The number of nitrogens with zero attached hydrogens (tertiary/aromatic N) is 1. The highest BCUT2D eigenvalue weighted by Crippen LogP contribution is 2.35. The highest BCUT2D eigenvalue weighted by atomic mass is 16.4. The monoisotopic (exact) mass is 209 g/mol. The minimum absolute atomic E-state index is 0.0604. The molecule has 0 saturated carbocycles. The molecule has 76 valence electrons. The second kappa shape index (κ2) is 3.01. The fourth-order valence-electron chi connectivity index (χ4n) is 1.91. The first-order chi connectivity index (χ1) is 7.81. The predicted molar refractivity (Wildman–Crippen MR) is 60.1 cm³/mol. The van der Waals surface area contributed by atoms with Crippen LogP contribution >= 0.6 is 0 Å². The minimum Gasteiger partial charge on any atom is -0.504 e. The Morgan fingerprint density at radius 2 is 1.94 bits per heavy atom. The van der Waals surface area contributed by atoms with E-state index in [1.165, 1.54) is 6.07 Å². The van der Waals surface area contributed by atoms with Crippen LogP contribution in [0.2, 0.25) is 0 Å². The molecule has 3 rings (SSSR count). The van der Waals surface area contributed by atoms with Crippen LogP contribution in [0, 0.1) is 11.3 Å². The molecule has 0 radical (unpaired) electrons. The van der Waals surface area contributed by atoms with E-state index in [1.807, 2.05) is 24.3 Å². The second-order valence-corrected chi connectivity index (χ2v) is 3.55. The van der Waals surface area contributed by atoms with E-state index in [2.05, 4.69) is 6.07 Å². The van der Waals surface area contributed by atoms with E-state index >= 15 is 0 Å². The van der Waals surface area contributed by atoms with E-state index in [0.29, 0.717) is 22.1 Å². The van der Waals surface area contributed by atoms with Crippen LogP contribution in [0.25, 0.3) is 21.9 Å². The molecule has 0 saturated heterocycles. The van der Waals surface area contributed by atoms with E-state index in [1.54, 1.807) is 6.07 Å². The van der Waals surface area contributed by atoms with Crippen LogP contribution in [0.3, 0.4) is 0 Å². The van der Waals surface area contributed by atoms with Crippen molar-refractivity contribution in [3.05, 3.63) is 42.0 Å². The van der Waals surface area contributed by atoms with Crippen molar-refractivity contribution in [2.24, 2.45) is 0 Å². The van der Waals surface area contributed by atoms with Gasteiger partial charge in [0.05, 0.1) is 11.6 Å². The molecule has 0 spiro atoms. The van der Waals surface area contributed by atoms with Gasteiger partial charge in [-0.2, -0.15) is 5.26 Å². The third kappa shape index (κ3) is 1.01. The molecule has 0 aliphatic heterocycles. The van der Waals surface area contributed by atoms with Crippen LogP contribution in [0.4, 0.5) is 0 Å². The standard InChI is InChI=1S/C13H7NO2/c14-7-8-5-6-10(15)13-12(8)9-3-1-2-4-11(9)16-13/h1-6,15H. The van der Waals surface area contributed by atoms with Gasteiger partial charge in [0.15, 0.2) is 11.3 Å². The molecule has 0 aliphatic rings. The summed E-state index contributed by atoms with van der Waals surface area (Å²) in [6.45, 7) is 0. The van der Waals surface area contributed by atoms with Crippen molar-refractivity contribution < 1.29 is 9.52 Å². The van der Waals surface area contributed by atoms with Gasteiger partial charge in [0.2, 0.25) is 0 Å². The number of aromatic hydroxyl groups is 1. The van der Waals surface area contributed by atoms with E-state index < -0.39 is 0 Å². The van der Waals surface area contributed by atoms with Gasteiger partial charge in [0, 0.05) is 10.8 Å². The fourth-order valence-corrected chi connectivity index (χ4v) is 1.91. The average molecular weight is 209 g/mol. The highest BCUT2D eigenvalue weighted by Gasteiger charge is 2.13. The lowest BCUT2D eigenvalue weighted by Crippen LogP contribution is -1.76. The maximum absolute atomic E-state index is 9.69. The SMILES string of the molecule is N#Cc1ccc(O)c2oc3ccccc3c12. The largest absolute Gasteiger partial charge is 0.504 e. The van der Waals surface area contributed by atoms with Crippen LogP contribution < -0.4 is 0 Å². The second-order valence-electron chi connectivity index (χ2n) is 3.55. The average Bonchev–Trinajstić information content (AvgIpc) is 2.70. The Labute approximate surface area is 91.1 Å². The number of para-hydroxylation sites is 1. The first-order valence-corrected chi connectivity index (χ1v) is 4.84.